The first kappa shape index (κ1) is 29.7. The fraction of sp³-hybridized carbons (Fsp3) is 0.567. The lowest BCUT2D eigenvalue weighted by molar-refractivity contribution is 0.0128. The van der Waals surface area contributed by atoms with E-state index in [0.29, 0.717) is 43.4 Å². The van der Waals surface area contributed by atoms with Gasteiger partial charge in [0.15, 0.2) is 11.5 Å². The molecule has 8 nitrogen and oxygen atoms in total. The van der Waals surface area contributed by atoms with Crippen molar-refractivity contribution in [1.82, 2.24) is 10.2 Å². The number of nitrogens with one attached hydrogen (secondary N) is 1. The molecule has 0 aliphatic carbocycles. The minimum absolute atomic E-state index is 0.00858. The Kier molecular flexibility index (Phi) is 11.7. The summed E-state index contributed by atoms with van der Waals surface area (Å²) in [5, 5.41) is 3.44. The number of ether oxygens (including phenoxy) is 5. The van der Waals surface area contributed by atoms with Crippen molar-refractivity contribution in [2.45, 2.75) is 59.0 Å². The van der Waals surface area contributed by atoms with Crippen LogP contribution >= 0.6 is 0 Å². The highest BCUT2D eigenvalue weighted by atomic mass is 16.5. The van der Waals surface area contributed by atoms with E-state index in [1.54, 1.807) is 32.4 Å². The number of hydrogen-bond acceptors (Lipinski definition) is 7. The number of methoxy groups -OCH3 is 2. The van der Waals surface area contributed by atoms with Crippen LogP contribution < -0.4 is 19.5 Å². The van der Waals surface area contributed by atoms with Gasteiger partial charge in [-0.15, -0.1) is 0 Å². The molecule has 0 unspecified atom stereocenters. The predicted molar refractivity (Wildman–Crippen MR) is 148 cm³/mol. The molecular formula is C30H44N2O6. The molecule has 1 N–H and O–H groups in total. The summed E-state index contributed by atoms with van der Waals surface area (Å²) in [6, 6.07) is 13.4. The molecule has 0 bridgehead atoms. The first-order valence-corrected chi connectivity index (χ1v) is 13.5. The highest BCUT2D eigenvalue weighted by Crippen LogP contribution is 2.29. The molecule has 2 atom stereocenters. The number of rotatable bonds is 15. The maximum absolute atomic E-state index is 13.6. The van der Waals surface area contributed by atoms with E-state index in [4.69, 9.17) is 23.7 Å². The van der Waals surface area contributed by atoms with Crippen molar-refractivity contribution in [3.8, 4) is 17.2 Å². The van der Waals surface area contributed by atoms with Crippen LogP contribution in [0.2, 0.25) is 0 Å². The summed E-state index contributed by atoms with van der Waals surface area (Å²) < 4.78 is 28.6. The Labute approximate surface area is 227 Å². The van der Waals surface area contributed by atoms with Crippen molar-refractivity contribution in [1.29, 1.82) is 0 Å². The summed E-state index contributed by atoms with van der Waals surface area (Å²) in [7, 11) is 3.26. The largest absolute Gasteiger partial charge is 0.493 e. The van der Waals surface area contributed by atoms with Crippen molar-refractivity contribution in [2.75, 3.05) is 47.1 Å². The molecule has 0 radical (unpaired) electrons. The van der Waals surface area contributed by atoms with Crippen LogP contribution in [0.3, 0.4) is 0 Å². The second-order valence-corrected chi connectivity index (χ2v) is 10.2. The van der Waals surface area contributed by atoms with E-state index in [1.165, 1.54) is 0 Å². The van der Waals surface area contributed by atoms with E-state index in [0.717, 1.165) is 30.8 Å². The van der Waals surface area contributed by atoms with Crippen LogP contribution in [-0.4, -0.2) is 76.1 Å². The molecule has 2 aromatic carbocycles. The fourth-order valence-electron chi connectivity index (χ4n) is 4.52. The van der Waals surface area contributed by atoms with E-state index >= 15 is 0 Å². The summed E-state index contributed by atoms with van der Waals surface area (Å²) in [4.78, 5) is 15.6. The lowest BCUT2D eigenvalue weighted by atomic mass is 10.0. The van der Waals surface area contributed by atoms with E-state index in [-0.39, 0.29) is 30.1 Å². The van der Waals surface area contributed by atoms with Gasteiger partial charge in [-0.05, 0) is 63.6 Å². The van der Waals surface area contributed by atoms with E-state index in [1.807, 2.05) is 56.9 Å². The Morgan fingerprint density at radius 1 is 1.03 bits per heavy atom. The normalized spacial score (nSPS) is 17.2. The first-order chi connectivity index (χ1) is 18.3. The second-order valence-electron chi connectivity index (χ2n) is 10.2. The van der Waals surface area contributed by atoms with Gasteiger partial charge in [0, 0.05) is 57.3 Å². The zero-order chi connectivity index (χ0) is 27.5. The van der Waals surface area contributed by atoms with Crippen LogP contribution in [0.15, 0.2) is 42.5 Å². The monoisotopic (exact) mass is 528 g/mol. The zero-order valence-corrected chi connectivity index (χ0v) is 23.7. The standard InChI is InChI=1S/C30H44N2O6/c1-21(2)32(30(33)24-11-12-27(35-6)28(16-24)36-14-8-13-34-5)19-25-17-31-18-29(25)37-20-23-9-7-10-26(15-23)38-22(3)4/h7,9-12,15-16,21-22,25,29,31H,8,13-14,17-20H2,1-6H3/t25-,29-/m0/s1. The third-order valence-corrected chi connectivity index (χ3v) is 6.49. The average molecular weight is 529 g/mol. The Balaban J connectivity index is 1.65. The molecule has 0 aromatic heterocycles. The second kappa shape index (κ2) is 15.0. The number of carbonyl (C=O) groups excluding carboxylic acids is 1. The maximum atomic E-state index is 13.6. The number of hydrogen-bond donors (Lipinski definition) is 1. The number of amides is 1. The highest BCUT2D eigenvalue weighted by Gasteiger charge is 2.32. The molecule has 1 fully saturated rings. The molecule has 1 heterocycles. The summed E-state index contributed by atoms with van der Waals surface area (Å²) in [5.74, 6) is 2.16. The van der Waals surface area contributed by atoms with E-state index in [9.17, 15) is 4.79 Å². The summed E-state index contributed by atoms with van der Waals surface area (Å²) in [6.45, 7) is 11.9. The molecule has 2 aromatic rings. The third kappa shape index (κ3) is 8.61. The SMILES string of the molecule is COCCCOc1cc(C(=O)N(C[C@@H]2CNC[C@@H]2OCc2cccc(OC(C)C)c2)C(C)C)ccc1OC. The van der Waals surface area contributed by atoms with Gasteiger partial charge in [0.05, 0.1) is 32.5 Å². The molecule has 1 aliphatic rings. The molecule has 1 aliphatic heterocycles. The summed E-state index contributed by atoms with van der Waals surface area (Å²) >= 11 is 0. The average Bonchev–Trinajstić information content (AvgIpc) is 3.34. The Bertz CT molecular complexity index is 1010. The van der Waals surface area contributed by atoms with Gasteiger partial charge < -0.3 is 33.9 Å². The van der Waals surface area contributed by atoms with Crippen molar-refractivity contribution in [3.05, 3.63) is 53.6 Å². The van der Waals surface area contributed by atoms with Gasteiger partial charge in [-0.3, -0.25) is 4.79 Å². The van der Waals surface area contributed by atoms with Gasteiger partial charge in [0.2, 0.25) is 0 Å². The van der Waals surface area contributed by atoms with Gasteiger partial charge in [0.1, 0.15) is 5.75 Å². The molecule has 0 spiro atoms. The van der Waals surface area contributed by atoms with Gasteiger partial charge in [-0.25, -0.2) is 0 Å². The van der Waals surface area contributed by atoms with E-state index in [2.05, 4.69) is 5.32 Å². The molecule has 1 amide bonds. The number of nitrogens with zero attached hydrogens (tertiary/aromatic N) is 1. The predicted octanol–water partition coefficient (Wildman–Crippen LogP) is 4.55. The molecule has 3 rings (SSSR count). The van der Waals surface area contributed by atoms with Gasteiger partial charge in [-0.1, -0.05) is 12.1 Å². The van der Waals surface area contributed by atoms with Gasteiger partial charge >= 0.3 is 0 Å². The fourth-order valence-corrected chi connectivity index (χ4v) is 4.52. The van der Waals surface area contributed by atoms with Crippen LogP contribution in [0.4, 0.5) is 0 Å². The third-order valence-electron chi connectivity index (χ3n) is 6.49. The van der Waals surface area contributed by atoms with Crippen LogP contribution in [0, 0.1) is 5.92 Å². The van der Waals surface area contributed by atoms with Crippen LogP contribution in [-0.2, 0) is 16.1 Å². The lowest BCUT2D eigenvalue weighted by Crippen LogP contribution is -2.43. The number of carbonyl (C=O) groups is 1. The molecule has 0 saturated carbocycles. The van der Waals surface area contributed by atoms with Gasteiger partial charge in [0.25, 0.3) is 5.91 Å². The Morgan fingerprint density at radius 3 is 2.55 bits per heavy atom. The maximum Gasteiger partial charge on any atom is 0.254 e. The summed E-state index contributed by atoms with van der Waals surface area (Å²) in [5.41, 5.74) is 1.65. The molecular weight excluding hydrogens is 484 g/mol. The number of benzene rings is 2. The van der Waals surface area contributed by atoms with Crippen molar-refractivity contribution in [3.63, 3.8) is 0 Å². The van der Waals surface area contributed by atoms with Crippen LogP contribution in [0.25, 0.3) is 0 Å². The Hall–Kier alpha value is -2.81. The lowest BCUT2D eigenvalue weighted by Gasteiger charge is -2.31. The van der Waals surface area contributed by atoms with E-state index < -0.39 is 0 Å². The zero-order valence-electron chi connectivity index (χ0n) is 23.7. The minimum Gasteiger partial charge on any atom is -0.493 e. The topological polar surface area (TPSA) is 78.5 Å². The van der Waals surface area contributed by atoms with Crippen LogP contribution in [0.5, 0.6) is 17.2 Å². The molecule has 38 heavy (non-hydrogen) atoms. The van der Waals surface area contributed by atoms with Crippen molar-refractivity contribution < 1.29 is 28.5 Å². The van der Waals surface area contributed by atoms with Crippen molar-refractivity contribution >= 4 is 5.91 Å². The molecule has 8 heteroatoms. The molecule has 210 valence electrons. The highest BCUT2D eigenvalue weighted by molar-refractivity contribution is 5.95. The van der Waals surface area contributed by atoms with Crippen LogP contribution in [0.1, 0.15) is 50.0 Å². The summed E-state index contributed by atoms with van der Waals surface area (Å²) in [6.07, 6.45) is 0.883. The molecule has 1 saturated heterocycles. The van der Waals surface area contributed by atoms with Crippen molar-refractivity contribution in [2.24, 2.45) is 5.92 Å². The quantitative estimate of drug-likeness (QED) is 0.340. The smallest absolute Gasteiger partial charge is 0.254 e. The minimum atomic E-state index is -0.0337. The van der Waals surface area contributed by atoms with Gasteiger partial charge in [-0.2, -0.15) is 0 Å². The Morgan fingerprint density at radius 2 is 1.84 bits per heavy atom. The first-order valence-electron chi connectivity index (χ1n) is 13.5.